The molecule has 1 heterocycles. The summed E-state index contributed by atoms with van der Waals surface area (Å²) in [4.78, 5) is 49.1. The van der Waals surface area contributed by atoms with Crippen LogP contribution >= 0.6 is 11.6 Å². The van der Waals surface area contributed by atoms with Gasteiger partial charge in [-0.3, -0.25) is 29.3 Å². The second-order valence-electron chi connectivity index (χ2n) is 31.2. The van der Waals surface area contributed by atoms with Gasteiger partial charge in [0.15, 0.2) is 0 Å². The fourth-order valence-electron chi connectivity index (χ4n) is 13.9. The number of aromatic nitrogens is 1. The van der Waals surface area contributed by atoms with Gasteiger partial charge in [0.05, 0.1) is 38.9 Å². The zero-order valence-electron chi connectivity index (χ0n) is 70.2. The molecular weight excluding hydrogens is 1390 g/mol. The lowest BCUT2D eigenvalue weighted by molar-refractivity contribution is -0.149. The molecule has 0 aliphatic heterocycles. The Bertz CT molecular complexity index is 3460. The average Bonchev–Trinajstić information content (AvgIpc) is 0.829. The summed E-state index contributed by atoms with van der Waals surface area (Å²) >= 11 is 6.24. The first kappa shape index (κ1) is 93.2. The molecule has 2 fully saturated rings. The number of nitrogens with one attached hydrogen (secondary N) is 1. The van der Waals surface area contributed by atoms with Crippen molar-refractivity contribution >= 4 is 29.2 Å². The summed E-state index contributed by atoms with van der Waals surface area (Å²) in [5.41, 5.74) is 11.6. The van der Waals surface area contributed by atoms with E-state index in [-0.39, 0.29) is 17.9 Å². The number of methoxy groups -OCH3 is 3. The molecule has 7 aromatic rings. The quantitative estimate of drug-likeness (QED) is 0.0380. The molecule has 2 atom stereocenters. The number of pyridine rings is 1. The zero-order valence-corrected chi connectivity index (χ0v) is 70.9. The van der Waals surface area contributed by atoms with Crippen LogP contribution < -0.4 is 24.4 Å². The normalized spacial score (nSPS) is 14.5. The lowest BCUT2D eigenvalue weighted by atomic mass is 9.78. The van der Waals surface area contributed by atoms with Crippen LogP contribution in [-0.2, 0) is 48.9 Å². The van der Waals surface area contributed by atoms with E-state index < -0.39 is 11.9 Å². The number of anilines is 1. The Morgan fingerprint density at radius 3 is 1.35 bits per heavy atom. The van der Waals surface area contributed by atoms with Crippen molar-refractivity contribution in [2.45, 2.75) is 155 Å². The molecule has 6 aromatic carbocycles. The highest BCUT2D eigenvalue weighted by molar-refractivity contribution is 6.31. The lowest BCUT2D eigenvalue weighted by Crippen LogP contribution is -2.44. The van der Waals surface area contributed by atoms with E-state index >= 15 is 0 Å². The van der Waals surface area contributed by atoms with Crippen molar-refractivity contribution < 1.29 is 28.9 Å². The first-order valence-electron chi connectivity index (χ1n) is 40.3. The van der Waals surface area contributed by atoms with Crippen molar-refractivity contribution in [2.24, 2.45) is 11.8 Å². The topological polar surface area (TPSA) is 136 Å². The first-order chi connectivity index (χ1) is 53.0. The maximum Gasteiger partial charge on any atom is 0.307 e. The van der Waals surface area contributed by atoms with Crippen LogP contribution in [0.3, 0.4) is 0 Å². The number of halogens is 1. The van der Waals surface area contributed by atoms with E-state index in [1.807, 2.05) is 54.9 Å². The molecule has 9 rings (SSSR count). The maximum absolute atomic E-state index is 12.4. The summed E-state index contributed by atoms with van der Waals surface area (Å²) in [6.45, 7) is 21.2. The van der Waals surface area contributed by atoms with E-state index in [1.54, 1.807) is 21.3 Å². The number of likely N-dealkylation sites (N-methyl/N-ethyl adjacent to an activating group) is 1. The number of aryl methyl sites for hydroxylation is 2. The first-order valence-corrected chi connectivity index (χ1v) is 40.7. The van der Waals surface area contributed by atoms with Gasteiger partial charge in [-0.25, -0.2) is 0 Å². The van der Waals surface area contributed by atoms with Gasteiger partial charge in [-0.15, -0.1) is 0 Å². The Morgan fingerprint density at radius 2 is 0.882 bits per heavy atom. The number of ether oxygens (including phenoxy) is 3. The van der Waals surface area contributed by atoms with Gasteiger partial charge in [0.2, 0.25) is 5.91 Å². The van der Waals surface area contributed by atoms with Crippen molar-refractivity contribution in [3.63, 3.8) is 0 Å². The number of amides is 1. The van der Waals surface area contributed by atoms with E-state index in [0.717, 1.165) is 147 Å². The highest BCUT2D eigenvalue weighted by Crippen LogP contribution is 2.35. The van der Waals surface area contributed by atoms with Gasteiger partial charge in [-0.05, 0) is 263 Å². The van der Waals surface area contributed by atoms with Crippen LogP contribution in [0.1, 0.15) is 141 Å². The van der Waals surface area contributed by atoms with Crippen LogP contribution in [0.25, 0.3) is 0 Å². The lowest BCUT2D eigenvalue weighted by Gasteiger charge is -2.30. The molecule has 2 aliphatic rings. The van der Waals surface area contributed by atoms with E-state index in [2.05, 4.69) is 254 Å². The van der Waals surface area contributed by atoms with Gasteiger partial charge in [-0.2, -0.15) is 0 Å². The highest BCUT2D eigenvalue weighted by atomic mass is 35.5. The molecule has 0 radical (unpaired) electrons. The zero-order chi connectivity index (χ0) is 79.8. The molecule has 2 N–H and O–H groups in total. The number of hydrogen-bond acceptors (Lipinski definition) is 15. The standard InChI is InChI=1S/C21H20ClNO.C20H28N2O2.C19H35N3.C16H30N4.C16H27NO3/c1-24-21-13-12-19(22)14-20(21)23(15-17-8-4-2-5-9-17)16-18-10-6-3-7-11-18;1-21(2)10-11-22(15-17-8-6-5-7-9-17)16-18-12-19(23-3)14-20(13-18)24-4;1-17-9-10-18(2)19(15-17)16-22(13-7-11-20(3)4)14-8-12-21(5)6;1-18(2)10-6-12-20(13-7-11-19(3)4)15-16-8-5-9-17-14-16;18-15(13-10-6-7-11-14(13)16(19)20)17-12-8-4-2-1-3-5-9-12/h2-14H,15-16H2,1H3;5-9,12-14H,10-11,15-16H2,1-4H3;9-10,15H,7-8,11-14,16H2,1-6H3;5,8-9,14H,6-7,10-13,15H2,1-4H3;12-14H,1-11H2,(H,17,18)(H,19,20). The molecule has 0 saturated heterocycles. The molecule has 2 aliphatic carbocycles. The number of nitrogens with zero attached hydrogens (tertiary/aromatic N) is 10. The Labute approximate surface area is 670 Å². The predicted octanol–water partition coefficient (Wildman–Crippen LogP) is 16.7. The van der Waals surface area contributed by atoms with E-state index in [9.17, 15) is 14.7 Å². The third kappa shape index (κ3) is 39.7. The van der Waals surface area contributed by atoms with Crippen molar-refractivity contribution in [1.29, 1.82) is 0 Å². The molecule has 17 nitrogen and oxygen atoms in total. The van der Waals surface area contributed by atoms with Gasteiger partial charge >= 0.3 is 5.97 Å². The van der Waals surface area contributed by atoms with E-state index in [0.29, 0.717) is 11.4 Å². The second-order valence-corrected chi connectivity index (χ2v) is 31.7. The molecule has 0 bridgehead atoms. The Balaban J connectivity index is 0.000000247. The van der Waals surface area contributed by atoms with Crippen molar-refractivity contribution in [2.75, 3.05) is 162 Å². The maximum atomic E-state index is 12.4. The fraction of sp³-hybridized carbons (Fsp3) is 0.533. The minimum Gasteiger partial charge on any atom is -0.497 e. The summed E-state index contributed by atoms with van der Waals surface area (Å²) in [5, 5.41) is 13.1. The number of carboxylic acids is 1. The van der Waals surface area contributed by atoms with Crippen molar-refractivity contribution in [3.8, 4) is 17.2 Å². The average molecular weight is 1530 g/mol. The highest BCUT2D eigenvalue weighted by Gasteiger charge is 2.36. The SMILES string of the molecule is CN(C)CCCN(CCCN(C)C)Cc1cccnc1.COc1cc(CN(CCN(C)C)Cc2ccccc2)cc(OC)c1.COc1ccc(Cl)cc1N(Cc1ccccc1)Cc1ccccc1.Cc1ccc(C)c(CN(CCCN(C)C)CCCN(C)C)c1.O=C(O)C1CCCCC1C(=O)NC1CCCCCCC1. The van der Waals surface area contributed by atoms with Gasteiger partial charge in [0.25, 0.3) is 0 Å². The van der Waals surface area contributed by atoms with Gasteiger partial charge in [0.1, 0.15) is 17.2 Å². The number of hydrogen-bond donors (Lipinski definition) is 2. The van der Waals surface area contributed by atoms with Crippen molar-refractivity contribution in [3.05, 3.63) is 220 Å². The number of benzene rings is 6. The molecule has 2 unspecified atom stereocenters. The van der Waals surface area contributed by atoms with Crippen LogP contribution in [0.15, 0.2) is 170 Å². The Kier molecular flexibility index (Phi) is 46.0. The predicted molar refractivity (Wildman–Crippen MR) is 460 cm³/mol. The van der Waals surface area contributed by atoms with Crippen LogP contribution in [0, 0.1) is 25.7 Å². The van der Waals surface area contributed by atoms with Crippen LogP contribution in [0.2, 0.25) is 5.02 Å². The minimum atomic E-state index is -0.803. The summed E-state index contributed by atoms with van der Waals surface area (Å²) < 4.78 is 16.3. The molecule has 606 valence electrons. The van der Waals surface area contributed by atoms with Crippen LogP contribution in [0.5, 0.6) is 17.2 Å². The number of carboxylic acid groups (broad SMARTS) is 1. The Morgan fingerprint density at radius 1 is 0.436 bits per heavy atom. The molecular formula is C92H140ClN11O6. The molecule has 1 aromatic heterocycles. The summed E-state index contributed by atoms with van der Waals surface area (Å²) in [6, 6.07) is 54.5. The largest absolute Gasteiger partial charge is 0.497 e. The Hall–Kier alpha value is -7.42. The third-order valence-corrected chi connectivity index (χ3v) is 20.3. The number of aliphatic carboxylic acids is 1. The monoisotopic (exact) mass is 1530 g/mol. The number of carbonyl (C=O) groups is 2. The number of carbonyl (C=O) groups excluding carboxylic acids is 1. The molecule has 110 heavy (non-hydrogen) atoms. The summed E-state index contributed by atoms with van der Waals surface area (Å²) in [6.07, 6.45) is 20.3. The van der Waals surface area contributed by atoms with Crippen molar-refractivity contribution in [1.82, 2.24) is 49.5 Å². The smallest absolute Gasteiger partial charge is 0.307 e. The van der Waals surface area contributed by atoms with Crippen LogP contribution in [0.4, 0.5) is 5.69 Å². The van der Waals surface area contributed by atoms with Gasteiger partial charge in [-0.1, -0.05) is 177 Å². The summed E-state index contributed by atoms with van der Waals surface area (Å²) in [5.74, 6) is 0.883. The molecule has 18 heteroatoms. The third-order valence-electron chi connectivity index (χ3n) is 20.1. The van der Waals surface area contributed by atoms with Gasteiger partial charge in [0, 0.05) is 81.9 Å². The van der Waals surface area contributed by atoms with E-state index in [4.69, 9.17) is 25.8 Å². The fourth-order valence-corrected chi connectivity index (χ4v) is 14.1. The second kappa shape index (κ2) is 54.3. The minimum absolute atomic E-state index is 0.0114. The molecule has 0 spiro atoms. The molecule has 2 saturated carbocycles. The van der Waals surface area contributed by atoms with Crippen LogP contribution in [-0.4, -0.2) is 224 Å². The van der Waals surface area contributed by atoms with E-state index in [1.165, 1.54) is 115 Å². The summed E-state index contributed by atoms with van der Waals surface area (Å²) in [7, 11) is 26.4. The number of rotatable bonds is 38. The molecule has 1 amide bonds. The van der Waals surface area contributed by atoms with Gasteiger partial charge < -0.3 is 54.0 Å².